The van der Waals surface area contributed by atoms with Crippen LogP contribution in [0.1, 0.15) is 16.1 Å². The molecule has 3 aromatic rings. The molecule has 9 heteroatoms. The van der Waals surface area contributed by atoms with Crippen molar-refractivity contribution in [1.29, 1.82) is 5.26 Å². The Balaban J connectivity index is 2.14. The molecule has 28 heavy (non-hydrogen) atoms. The molecule has 0 saturated carbocycles. The second-order valence-electron chi connectivity index (χ2n) is 5.51. The Morgan fingerprint density at radius 3 is 2.29 bits per heavy atom. The summed E-state index contributed by atoms with van der Waals surface area (Å²) < 4.78 is 67.4. The first-order valence-corrected chi connectivity index (χ1v) is 8.52. The lowest BCUT2D eigenvalue weighted by Crippen LogP contribution is -2.09. The molecule has 3 rings (SSSR count). The first-order valence-electron chi connectivity index (χ1n) is 7.64. The van der Waals surface area contributed by atoms with E-state index in [-0.39, 0.29) is 10.7 Å². The van der Waals surface area contributed by atoms with Crippen molar-refractivity contribution >= 4 is 22.7 Å². The second-order valence-corrected chi connectivity index (χ2v) is 6.37. The van der Waals surface area contributed by atoms with E-state index in [0.717, 1.165) is 41.7 Å². The van der Waals surface area contributed by atoms with Crippen molar-refractivity contribution in [2.24, 2.45) is 0 Å². The lowest BCUT2D eigenvalue weighted by atomic mass is 10.0. The molecule has 0 unspecified atom stereocenters. The molecule has 0 aliphatic rings. The van der Waals surface area contributed by atoms with Crippen LogP contribution < -0.4 is 0 Å². The second kappa shape index (κ2) is 7.40. The summed E-state index contributed by atoms with van der Waals surface area (Å²) in [7, 11) is 0. The molecule has 0 aliphatic carbocycles. The number of hydrogen-bond acceptors (Lipinski definition) is 4. The summed E-state index contributed by atoms with van der Waals surface area (Å²) in [6, 6.07) is 9.03. The topological polar surface area (TPSA) is 56.9 Å². The van der Waals surface area contributed by atoms with Gasteiger partial charge in [-0.15, -0.1) is 11.3 Å². The molecule has 142 valence electrons. The molecule has 3 nitrogen and oxygen atoms in total. The third-order valence-corrected chi connectivity index (χ3v) is 4.63. The normalized spacial score (nSPS) is 12.4. The maximum absolute atomic E-state index is 13.9. The van der Waals surface area contributed by atoms with Crippen LogP contribution >= 0.6 is 11.3 Å². The molecule has 0 aliphatic heterocycles. The number of hydrogen-bond donors (Lipinski definition) is 1. The van der Waals surface area contributed by atoms with Crippen LogP contribution in [-0.4, -0.2) is 10.1 Å². The first kappa shape index (κ1) is 19.5. The SMILES string of the molecule is N#CC(=C(O)c1ccccc1C(F)(F)F)c1nc(-c2c(F)cccc2F)cs1. The van der Waals surface area contributed by atoms with Crippen molar-refractivity contribution in [3.8, 4) is 17.3 Å². The third-order valence-electron chi connectivity index (χ3n) is 3.77. The summed E-state index contributed by atoms with van der Waals surface area (Å²) in [4.78, 5) is 3.93. The van der Waals surface area contributed by atoms with Gasteiger partial charge in [0, 0.05) is 10.9 Å². The predicted molar refractivity (Wildman–Crippen MR) is 94.0 cm³/mol. The van der Waals surface area contributed by atoms with Gasteiger partial charge < -0.3 is 5.11 Å². The Labute approximate surface area is 159 Å². The number of nitrogens with zero attached hydrogens (tertiary/aromatic N) is 2. The number of aromatic nitrogens is 1. The van der Waals surface area contributed by atoms with Gasteiger partial charge >= 0.3 is 6.18 Å². The standard InChI is InChI=1S/C19H9F5N2OS/c20-13-6-3-7-14(21)16(13)15-9-28-18(26-15)11(8-25)17(27)10-4-1-2-5-12(10)19(22,23)24/h1-7,9,27H. The Morgan fingerprint density at radius 2 is 1.68 bits per heavy atom. The third kappa shape index (κ3) is 3.59. The van der Waals surface area contributed by atoms with E-state index in [1.807, 2.05) is 0 Å². The zero-order chi connectivity index (χ0) is 20.5. The zero-order valence-corrected chi connectivity index (χ0v) is 14.6. The lowest BCUT2D eigenvalue weighted by molar-refractivity contribution is -0.137. The summed E-state index contributed by atoms with van der Waals surface area (Å²) in [5, 5.41) is 20.8. The fourth-order valence-corrected chi connectivity index (χ4v) is 3.32. The number of halogens is 5. The highest BCUT2D eigenvalue weighted by molar-refractivity contribution is 7.11. The Morgan fingerprint density at radius 1 is 1.04 bits per heavy atom. The Kier molecular flexibility index (Phi) is 5.16. The van der Waals surface area contributed by atoms with Crippen LogP contribution in [0.4, 0.5) is 22.0 Å². The van der Waals surface area contributed by atoms with Gasteiger partial charge in [0.25, 0.3) is 0 Å². The average Bonchev–Trinajstić information content (AvgIpc) is 3.10. The van der Waals surface area contributed by atoms with Gasteiger partial charge in [0.2, 0.25) is 0 Å². The van der Waals surface area contributed by atoms with E-state index >= 15 is 0 Å². The molecule has 0 amide bonds. The van der Waals surface area contributed by atoms with E-state index in [1.165, 1.54) is 17.5 Å². The highest BCUT2D eigenvalue weighted by Crippen LogP contribution is 2.37. The molecule has 0 bridgehead atoms. The first-order chi connectivity index (χ1) is 13.2. The van der Waals surface area contributed by atoms with Gasteiger partial charge in [-0.25, -0.2) is 13.8 Å². The van der Waals surface area contributed by atoms with E-state index in [1.54, 1.807) is 6.07 Å². The molecule has 0 fully saturated rings. The number of aliphatic hydroxyl groups excluding tert-OH is 1. The lowest BCUT2D eigenvalue weighted by Gasteiger charge is -2.12. The molecular weight excluding hydrogens is 399 g/mol. The monoisotopic (exact) mass is 408 g/mol. The quantitative estimate of drug-likeness (QED) is 0.326. The van der Waals surface area contributed by atoms with E-state index in [4.69, 9.17) is 0 Å². The van der Waals surface area contributed by atoms with Crippen molar-refractivity contribution in [3.63, 3.8) is 0 Å². The maximum Gasteiger partial charge on any atom is 0.417 e. The molecule has 0 saturated heterocycles. The summed E-state index contributed by atoms with van der Waals surface area (Å²) in [6.07, 6.45) is -4.75. The van der Waals surface area contributed by atoms with Crippen LogP contribution in [0.25, 0.3) is 22.6 Å². The minimum absolute atomic E-state index is 0.139. The minimum atomic E-state index is -4.75. The van der Waals surface area contributed by atoms with E-state index < -0.39 is 45.8 Å². The van der Waals surface area contributed by atoms with Gasteiger partial charge in [0.05, 0.1) is 16.8 Å². The van der Waals surface area contributed by atoms with Crippen LogP contribution in [0, 0.1) is 23.0 Å². The molecular formula is C19H9F5N2OS. The maximum atomic E-state index is 13.9. The van der Waals surface area contributed by atoms with E-state index in [9.17, 15) is 32.3 Å². The number of thiazole rings is 1. The highest BCUT2D eigenvalue weighted by Gasteiger charge is 2.34. The summed E-state index contributed by atoms with van der Waals surface area (Å²) >= 11 is 0.765. The molecule has 1 heterocycles. The van der Waals surface area contributed by atoms with Gasteiger partial charge in [-0.05, 0) is 18.2 Å². The van der Waals surface area contributed by atoms with Gasteiger partial charge in [0.1, 0.15) is 34.0 Å². The van der Waals surface area contributed by atoms with Crippen molar-refractivity contribution < 1.29 is 27.1 Å². The molecule has 1 aromatic heterocycles. The zero-order valence-electron chi connectivity index (χ0n) is 13.8. The molecule has 0 atom stereocenters. The number of nitriles is 1. The van der Waals surface area contributed by atoms with Crippen LogP contribution in [-0.2, 0) is 6.18 Å². The average molecular weight is 408 g/mol. The Hall–Kier alpha value is -3.25. The molecule has 0 spiro atoms. The number of allylic oxidation sites excluding steroid dienone is 1. The number of aliphatic hydroxyl groups is 1. The van der Waals surface area contributed by atoms with Gasteiger partial charge in [0.15, 0.2) is 0 Å². The van der Waals surface area contributed by atoms with Crippen molar-refractivity contribution in [2.45, 2.75) is 6.18 Å². The smallest absolute Gasteiger partial charge is 0.417 e. The van der Waals surface area contributed by atoms with Crippen molar-refractivity contribution in [2.75, 3.05) is 0 Å². The molecule has 0 radical (unpaired) electrons. The number of benzene rings is 2. The van der Waals surface area contributed by atoms with Crippen LogP contribution in [0.15, 0.2) is 47.8 Å². The van der Waals surface area contributed by atoms with Crippen LogP contribution in [0.2, 0.25) is 0 Å². The van der Waals surface area contributed by atoms with Gasteiger partial charge in [-0.3, -0.25) is 0 Å². The van der Waals surface area contributed by atoms with Crippen molar-refractivity contribution in [3.05, 3.63) is 75.6 Å². The molecule has 1 N–H and O–H groups in total. The van der Waals surface area contributed by atoms with Gasteiger partial charge in [-0.2, -0.15) is 18.4 Å². The molecule has 2 aromatic carbocycles. The Bertz CT molecular complexity index is 1090. The number of rotatable bonds is 3. The number of alkyl halides is 3. The van der Waals surface area contributed by atoms with Crippen LogP contribution in [0.3, 0.4) is 0 Å². The summed E-state index contributed by atoms with van der Waals surface area (Å²) in [5.41, 5.74) is -2.83. The van der Waals surface area contributed by atoms with Gasteiger partial charge in [-0.1, -0.05) is 24.3 Å². The fraction of sp³-hybridized carbons (Fsp3) is 0.0526. The minimum Gasteiger partial charge on any atom is -0.506 e. The summed E-state index contributed by atoms with van der Waals surface area (Å²) in [6.45, 7) is 0. The fourth-order valence-electron chi connectivity index (χ4n) is 2.52. The predicted octanol–water partition coefficient (Wildman–Crippen LogP) is 6.06. The van der Waals surface area contributed by atoms with Crippen molar-refractivity contribution in [1.82, 2.24) is 4.98 Å². The van der Waals surface area contributed by atoms with E-state index in [0.29, 0.717) is 0 Å². The van der Waals surface area contributed by atoms with E-state index in [2.05, 4.69) is 4.98 Å². The summed E-state index contributed by atoms with van der Waals surface area (Å²) in [5.74, 6) is -2.69. The van der Waals surface area contributed by atoms with Crippen LogP contribution in [0.5, 0.6) is 0 Å². The largest absolute Gasteiger partial charge is 0.506 e. The highest BCUT2D eigenvalue weighted by atomic mass is 32.1.